The molecule has 0 aliphatic carbocycles. The molecule has 0 saturated carbocycles. The number of esters is 1. The number of alkyl halides is 1. The first-order valence-corrected chi connectivity index (χ1v) is 8.78. The first-order chi connectivity index (χ1) is 10.6. The van der Waals surface area contributed by atoms with Crippen LogP contribution in [0.2, 0.25) is 0 Å². The summed E-state index contributed by atoms with van der Waals surface area (Å²) in [6, 6.07) is 5.46. The second-order valence-electron chi connectivity index (χ2n) is 5.25. The highest BCUT2D eigenvalue weighted by Crippen LogP contribution is 2.36. The lowest BCUT2D eigenvalue weighted by Crippen LogP contribution is -2.37. The Kier molecular flexibility index (Phi) is 8.07. The Morgan fingerprint density at radius 2 is 1.91 bits per heavy atom. The van der Waals surface area contributed by atoms with Gasteiger partial charge in [-0.25, -0.2) is 0 Å². The maximum atomic E-state index is 12.6. The molecule has 1 atom stereocenters. The molecule has 0 heterocycles. The van der Waals surface area contributed by atoms with Gasteiger partial charge in [0.2, 0.25) is 0 Å². The van der Waals surface area contributed by atoms with E-state index in [2.05, 4.69) is 15.9 Å². The topological polar surface area (TPSA) is 66.8 Å². The molecule has 1 unspecified atom stereocenters. The van der Waals surface area contributed by atoms with E-state index in [4.69, 9.17) is 4.74 Å². The van der Waals surface area contributed by atoms with Crippen molar-refractivity contribution in [2.24, 2.45) is 0 Å². The Morgan fingerprint density at radius 3 is 2.41 bits per heavy atom. The van der Waals surface area contributed by atoms with E-state index in [1.165, 1.54) is 0 Å². The summed E-state index contributed by atoms with van der Waals surface area (Å²) in [4.78, 5) is 12.6. The monoisotopic (exact) mass is 372 g/mol. The number of rotatable bonds is 9. The predicted molar refractivity (Wildman–Crippen MR) is 89.9 cm³/mol. The summed E-state index contributed by atoms with van der Waals surface area (Å²) in [5.74, 6) is -0.223. The Morgan fingerprint density at radius 1 is 1.23 bits per heavy atom. The zero-order chi connectivity index (χ0) is 16.6. The molecule has 0 aliphatic heterocycles. The highest BCUT2D eigenvalue weighted by atomic mass is 79.9. The van der Waals surface area contributed by atoms with Crippen molar-refractivity contribution in [1.29, 1.82) is 0 Å². The molecule has 1 rings (SSSR count). The standard InChI is InChI=1S/C17H25BrO4/c1-3-17(8-5-9-18,16(21)22-4-2)15-7-6-13(11-19)14(10-15)12-20/h6-7,10,19-20H,3-5,8-9,11-12H2,1-2H3. The van der Waals surface area contributed by atoms with Crippen LogP contribution < -0.4 is 0 Å². The van der Waals surface area contributed by atoms with Gasteiger partial charge in [-0.05, 0) is 42.9 Å². The van der Waals surface area contributed by atoms with Crippen molar-refractivity contribution in [3.8, 4) is 0 Å². The molecule has 1 aromatic rings. The van der Waals surface area contributed by atoms with Crippen molar-refractivity contribution in [2.75, 3.05) is 11.9 Å². The summed E-state index contributed by atoms with van der Waals surface area (Å²) in [5, 5.41) is 19.6. The third-order valence-corrected chi connectivity index (χ3v) is 4.67. The van der Waals surface area contributed by atoms with E-state index in [-0.39, 0.29) is 19.2 Å². The molecule has 0 radical (unpaired) electrons. The number of ether oxygens (including phenoxy) is 1. The van der Waals surface area contributed by atoms with Crippen molar-refractivity contribution in [2.45, 2.75) is 51.7 Å². The van der Waals surface area contributed by atoms with Gasteiger partial charge < -0.3 is 14.9 Å². The molecule has 22 heavy (non-hydrogen) atoms. The van der Waals surface area contributed by atoms with Crippen molar-refractivity contribution in [1.82, 2.24) is 0 Å². The average molecular weight is 373 g/mol. The molecule has 0 aromatic heterocycles. The summed E-state index contributed by atoms with van der Waals surface area (Å²) < 4.78 is 5.31. The number of benzene rings is 1. The molecule has 0 fully saturated rings. The van der Waals surface area contributed by atoms with Gasteiger partial charge in [-0.15, -0.1) is 0 Å². The van der Waals surface area contributed by atoms with Crippen LogP contribution in [0.25, 0.3) is 0 Å². The average Bonchev–Trinajstić information content (AvgIpc) is 2.55. The lowest BCUT2D eigenvalue weighted by Gasteiger charge is -2.31. The Balaban J connectivity index is 3.33. The number of hydrogen-bond acceptors (Lipinski definition) is 4. The highest BCUT2D eigenvalue weighted by molar-refractivity contribution is 9.09. The Hall–Kier alpha value is -0.910. The van der Waals surface area contributed by atoms with Crippen LogP contribution in [0.1, 0.15) is 49.8 Å². The summed E-state index contributed by atoms with van der Waals surface area (Å²) in [5.41, 5.74) is 1.47. The highest BCUT2D eigenvalue weighted by Gasteiger charge is 2.39. The lowest BCUT2D eigenvalue weighted by molar-refractivity contribution is -0.150. The molecule has 0 bridgehead atoms. The number of aliphatic hydroxyl groups excluding tert-OH is 2. The van der Waals surface area contributed by atoms with Crippen molar-refractivity contribution in [3.05, 3.63) is 34.9 Å². The van der Waals surface area contributed by atoms with Crippen LogP contribution in [0, 0.1) is 0 Å². The van der Waals surface area contributed by atoms with Crippen LogP contribution in [-0.2, 0) is 28.2 Å². The van der Waals surface area contributed by atoms with Crippen molar-refractivity contribution >= 4 is 21.9 Å². The van der Waals surface area contributed by atoms with Gasteiger partial charge in [0.25, 0.3) is 0 Å². The van der Waals surface area contributed by atoms with E-state index in [0.29, 0.717) is 30.6 Å². The number of halogens is 1. The molecular weight excluding hydrogens is 348 g/mol. The smallest absolute Gasteiger partial charge is 0.316 e. The number of aliphatic hydroxyl groups is 2. The van der Waals surface area contributed by atoms with E-state index in [1.807, 2.05) is 19.1 Å². The molecule has 0 amide bonds. The molecule has 2 N–H and O–H groups in total. The first-order valence-electron chi connectivity index (χ1n) is 7.66. The fraction of sp³-hybridized carbons (Fsp3) is 0.588. The zero-order valence-electron chi connectivity index (χ0n) is 13.3. The van der Waals surface area contributed by atoms with Crippen LogP contribution in [0.5, 0.6) is 0 Å². The van der Waals surface area contributed by atoms with Gasteiger partial charge in [0.1, 0.15) is 0 Å². The van der Waals surface area contributed by atoms with Gasteiger partial charge in [-0.2, -0.15) is 0 Å². The van der Waals surface area contributed by atoms with Crippen LogP contribution in [0.15, 0.2) is 18.2 Å². The molecular formula is C17H25BrO4. The molecule has 1 aromatic carbocycles. The van der Waals surface area contributed by atoms with Crippen molar-refractivity contribution < 1.29 is 19.7 Å². The summed E-state index contributed by atoms with van der Waals surface area (Å²) in [6.07, 6.45) is 2.15. The maximum absolute atomic E-state index is 12.6. The van der Waals surface area contributed by atoms with Gasteiger partial charge in [0, 0.05) is 5.33 Å². The third kappa shape index (κ3) is 4.09. The fourth-order valence-electron chi connectivity index (χ4n) is 2.75. The van der Waals surface area contributed by atoms with Gasteiger partial charge >= 0.3 is 5.97 Å². The van der Waals surface area contributed by atoms with E-state index < -0.39 is 5.41 Å². The fourth-order valence-corrected chi connectivity index (χ4v) is 3.03. The van der Waals surface area contributed by atoms with Crippen LogP contribution >= 0.6 is 15.9 Å². The Labute approximate surface area is 140 Å². The molecule has 0 aliphatic rings. The second-order valence-corrected chi connectivity index (χ2v) is 6.04. The SMILES string of the molecule is CCOC(=O)C(CC)(CCCBr)c1ccc(CO)c(CO)c1. The molecule has 4 nitrogen and oxygen atoms in total. The van der Waals surface area contributed by atoms with E-state index in [1.54, 1.807) is 13.0 Å². The summed E-state index contributed by atoms with van der Waals surface area (Å²) >= 11 is 3.42. The quantitative estimate of drug-likeness (QED) is 0.516. The number of hydrogen-bond donors (Lipinski definition) is 2. The summed E-state index contributed by atoms with van der Waals surface area (Å²) in [6.45, 7) is 3.83. The van der Waals surface area contributed by atoms with Crippen LogP contribution in [-0.4, -0.2) is 28.1 Å². The predicted octanol–water partition coefficient (Wildman–Crippen LogP) is 3.06. The van der Waals surface area contributed by atoms with Crippen molar-refractivity contribution in [3.63, 3.8) is 0 Å². The third-order valence-electron chi connectivity index (χ3n) is 4.11. The Bertz CT molecular complexity index is 490. The molecule has 124 valence electrons. The van der Waals surface area contributed by atoms with Gasteiger partial charge in [-0.3, -0.25) is 4.79 Å². The van der Waals surface area contributed by atoms with E-state index in [9.17, 15) is 15.0 Å². The normalized spacial score (nSPS) is 13.7. The molecule has 5 heteroatoms. The van der Waals surface area contributed by atoms with E-state index >= 15 is 0 Å². The van der Waals surface area contributed by atoms with Crippen LogP contribution in [0.4, 0.5) is 0 Å². The minimum Gasteiger partial charge on any atom is -0.465 e. The molecule has 0 spiro atoms. The maximum Gasteiger partial charge on any atom is 0.316 e. The van der Waals surface area contributed by atoms with Gasteiger partial charge in [-0.1, -0.05) is 41.1 Å². The van der Waals surface area contributed by atoms with Crippen LogP contribution in [0.3, 0.4) is 0 Å². The number of carbonyl (C=O) groups is 1. The lowest BCUT2D eigenvalue weighted by atomic mass is 9.74. The first kappa shape index (κ1) is 19.1. The zero-order valence-corrected chi connectivity index (χ0v) is 14.9. The van der Waals surface area contributed by atoms with Gasteiger partial charge in [0.05, 0.1) is 25.2 Å². The van der Waals surface area contributed by atoms with Gasteiger partial charge in [0.15, 0.2) is 0 Å². The largest absolute Gasteiger partial charge is 0.465 e. The minimum atomic E-state index is -0.707. The number of carbonyl (C=O) groups excluding carboxylic acids is 1. The van der Waals surface area contributed by atoms with E-state index in [0.717, 1.165) is 17.3 Å². The molecule has 0 saturated heterocycles. The summed E-state index contributed by atoms with van der Waals surface area (Å²) in [7, 11) is 0. The minimum absolute atomic E-state index is 0.129. The second kappa shape index (κ2) is 9.28.